The van der Waals surface area contributed by atoms with Crippen molar-refractivity contribution in [2.75, 3.05) is 5.75 Å². The second-order valence-electron chi connectivity index (χ2n) is 3.88. The van der Waals surface area contributed by atoms with E-state index in [1.54, 1.807) is 17.8 Å². The average Bonchev–Trinajstić information content (AvgIpc) is 2.38. The molecule has 1 amide bonds. The number of carbonyl (C=O) groups excluding carboxylic acids is 1. The highest BCUT2D eigenvalue weighted by Crippen LogP contribution is 2.23. The fraction of sp³-hybridized carbons (Fsp3) is 0.462. The third kappa shape index (κ3) is 4.79. The summed E-state index contributed by atoms with van der Waals surface area (Å²) in [7, 11) is 0. The van der Waals surface area contributed by atoms with Gasteiger partial charge < -0.3 is 0 Å². The van der Waals surface area contributed by atoms with Crippen LogP contribution in [0.2, 0.25) is 0 Å². The molecule has 1 aromatic carbocycles. The second-order valence-corrected chi connectivity index (χ2v) is 5.02. The molecule has 0 spiro atoms. The van der Waals surface area contributed by atoms with Gasteiger partial charge in [0, 0.05) is 4.90 Å². The van der Waals surface area contributed by atoms with Crippen molar-refractivity contribution in [3.8, 4) is 0 Å². The van der Waals surface area contributed by atoms with Gasteiger partial charge in [0.15, 0.2) is 0 Å². The fourth-order valence-corrected chi connectivity index (χ4v) is 2.63. The van der Waals surface area contributed by atoms with Crippen molar-refractivity contribution >= 4 is 17.7 Å². The molecular weight excluding hydrogens is 232 g/mol. The Kier molecular flexibility index (Phi) is 6.74. The molecule has 94 valence electrons. The maximum absolute atomic E-state index is 11.5. The number of amides is 1. The lowest BCUT2D eigenvalue weighted by Crippen LogP contribution is -2.30. The van der Waals surface area contributed by atoms with Gasteiger partial charge in [-0.25, -0.2) is 5.84 Å². The average molecular weight is 252 g/mol. The second kappa shape index (κ2) is 8.14. The minimum absolute atomic E-state index is 0.221. The van der Waals surface area contributed by atoms with Gasteiger partial charge in [0.1, 0.15) is 0 Å². The molecule has 0 saturated carbocycles. The van der Waals surface area contributed by atoms with Gasteiger partial charge in [-0.1, -0.05) is 38.3 Å². The molecule has 0 aromatic heterocycles. The Morgan fingerprint density at radius 3 is 2.76 bits per heavy atom. The Morgan fingerprint density at radius 2 is 2.06 bits per heavy atom. The molecule has 4 heteroatoms. The molecule has 0 aliphatic carbocycles. The molecule has 0 heterocycles. The summed E-state index contributed by atoms with van der Waals surface area (Å²) in [6, 6.07) is 7.57. The number of nitrogens with two attached hydrogens (primary N) is 1. The predicted octanol–water partition coefficient (Wildman–Crippen LogP) is 2.96. The van der Waals surface area contributed by atoms with E-state index in [4.69, 9.17) is 5.84 Å². The number of hydrogen-bond donors (Lipinski definition) is 2. The smallest absolute Gasteiger partial charge is 0.266 e. The normalized spacial score (nSPS) is 10.2. The highest BCUT2D eigenvalue weighted by molar-refractivity contribution is 7.99. The van der Waals surface area contributed by atoms with Crippen molar-refractivity contribution in [2.24, 2.45) is 5.84 Å². The largest absolute Gasteiger partial charge is 0.290 e. The summed E-state index contributed by atoms with van der Waals surface area (Å²) in [6.07, 6.45) is 4.98. The van der Waals surface area contributed by atoms with Gasteiger partial charge in [-0.05, 0) is 24.3 Å². The van der Waals surface area contributed by atoms with E-state index in [9.17, 15) is 4.79 Å². The number of nitrogen functional groups attached to an aromatic ring is 1. The lowest BCUT2D eigenvalue weighted by molar-refractivity contribution is 0.0951. The summed E-state index contributed by atoms with van der Waals surface area (Å²) >= 11 is 1.72. The molecule has 0 radical (unpaired) electrons. The number of carbonyl (C=O) groups is 1. The lowest BCUT2D eigenvalue weighted by atomic mass is 10.2. The van der Waals surface area contributed by atoms with Crippen molar-refractivity contribution in [3.05, 3.63) is 29.8 Å². The van der Waals surface area contributed by atoms with Gasteiger partial charge >= 0.3 is 0 Å². The minimum Gasteiger partial charge on any atom is -0.290 e. The molecule has 0 saturated heterocycles. The number of hydrazine groups is 1. The number of benzene rings is 1. The highest BCUT2D eigenvalue weighted by Gasteiger charge is 2.09. The van der Waals surface area contributed by atoms with E-state index in [0.29, 0.717) is 5.56 Å². The molecule has 0 aliphatic heterocycles. The number of rotatable bonds is 7. The van der Waals surface area contributed by atoms with Crippen LogP contribution in [0.25, 0.3) is 0 Å². The maximum Gasteiger partial charge on any atom is 0.266 e. The lowest BCUT2D eigenvalue weighted by Gasteiger charge is -2.07. The van der Waals surface area contributed by atoms with Crippen LogP contribution in [0.3, 0.4) is 0 Å². The van der Waals surface area contributed by atoms with Gasteiger partial charge in [0.05, 0.1) is 5.56 Å². The van der Waals surface area contributed by atoms with Crippen LogP contribution in [0.5, 0.6) is 0 Å². The van der Waals surface area contributed by atoms with Crippen molar-refractivity contribution in [2.45, 2.75) is 37.5 Å². The van der Waals surface area contributed by atoms with Crippen LogP contribution in [-0.4, -0.2) is 11.7 Å². The van der Waals surface area contributed by atoms with Crippen LogP contribution in [0.15, 0.2) is 29.2 Å². The summed E-state index contributed by atoms with van der Waals surface area (Å²) in [5.41, 5.74) is 2.84. The van der Waals surface area contributed by atoms with Crippen molar-refractivity contribution in [1.82, 2.24) is 5.43 Å². The first kappa shape index (κ1) is 14.1. The monoisotopic (exact) mass is 252 g/mol. The molecular formula is C13H20N2OS. The zero-order valence-electron chi connectivity index (χ0n) is 10.2. The minimum atomic E-state index is -0.221. The molecule has 3 nitrogen and oxygen atoms in total. The Morgan fingerprint density at radius 1 is 1.29 bits per heavy atom. The first-order valence-corrected chi connectivity index (χ1v) is 7.01. The zero-order valence-corrected chi connectivity index (χ0v) is 11.1. The van der Waals surface area contributed by atoms with Crippen LogP contribution < -0.4 is 11.3 Å². The molecule has 3 N–H and O–H groups in total. The molecule has 0 unspecified atom stereocenters. The summed E-state index contributed by atoms with van der Waals surface area (Å²) < 4.78 is 0. The third-order valence-electron chi connectivity index (χ3n) is 2.52. The van der Waals surface area contributed by atoms with E-state index in [0.717, 1.165) is 10.6 Å². The van der Waals surface area contributed by atoms with Gasteiger partial charge in [-0.15, -0.1) is 11.8 Å². The van der Waals surface area contributed by atoms with Crippen molar-refractivity contribution in [1.29, 1.82) is 0 Å². The Balaban J connectivity index is 2.49. The van der Waals surface area contributed by atoms with Crippen LogP contribution in [0.1, 0.15) is 43.0 Å². The topological polar surface area (TPSA) is 55.1 Å². The van der Waals surface area contributed by atoms with E-state index in [1.807, 2.05) is 18.2 Å². The predicted molar refractivity (Wildman–Crippen MR) is 73.0 cm³/mol. The van der Waals surface area contributed by atoms with Gasteiger partial charge in [0.25, 0.3) is 5.91 Å². The van der Waals surface area contributed by atoms with Gasteiger partial charge in [-0.2, -0.15) is 0 Å². The number of nitrogens with one attached hydrogen (secondary N) is 1. The first-order chi connectivity index (χ1) is 8.29. The van der Waals surface area contributed by atoms with Crippen LogP contribution in [0.4, 0.5) is 0 Å². The van der Waals surface area contributed by atoms with E-state index >= 15 is 0 Å². The molecule has 0 aliphatic rings. The summed E-state index contributed by atoms with van der Waals surface area (Å²) in [5, 5.41) is 0. The Bertz CT molecular complexity index is 355. The van der Waals surface area contributed by atoms with Crippen LogP contribution in [-0.2, 0) is 0 Å². The molecule has 0 bridgehead atoms. The molecule has 17 heavy (non-hydrogen) atoms. The van der Waals surface area contributed by atoms with E-state index in [1.165, 1.54) is 25.7 Å². The van der Waals surface area contributed by atoms with E-state index in [2.05, 4.69) is 12.3 Å². The molecule has 0 fully saturated rings. The quantitative estimate of drug-likeness (QED) is 0.258. The van der Waals surface area contributed by atoms with Crippen LogP contribution >= 0.6 is 11.8 Å². The first-order valence-electron chi connectivity index (χ1n) is 6.02. The number of unbranched alkanes of at least 4 members (excludes halogenated alkanes) is 3. The zero-order chi connectivity index (χ0) is 12.5. The van der Waals surface area contributed by atoms with Gasteiger partial charge in [-0.3, -0.25) is 10.2 Å². The maximum atomic E-state index is 11.5. The highest BCUT2D eigenvalue weighted by atomic mass is 32.2. The third-order valence-corrected chi connectivity index (χ3v) is 3.68. The summed E-state index contributed by atoms with van der Waals surface area (Å²) in [5.74, 6) is 5.99. The van der Waals surface area contributed by atoms with Crippen molar-refractivity contribution in [3.63, 3.8) is 0 Å². The Hall–Kier alpha value is -1.00. The SMILES string of the molecule is CCCCCCSc1ccccc1C(=O)NN. The number of hydrogen-bond acceptors (Lipinski definition) is 3. The molecule has 0 atom stereocenters. The van der Waals surface area contributed by atoms with Gasteiger partial charge in [0.2, 0.25) is 0 Å². The van der Waals surface area contributed by atoms with Crippen LogP contribution in [0, 0.1) is 0 Å². The van der Waals surface area contributed by atoms with E-state index in [-0.39, 0.29) is 5.91 Å². The molecule has 1 aromatic rings. The molecule has 1 rings (SSSR count). The van der Waals surface area contributed by atoms with Crippen molar-refractivity contribution < 1.29 is 4.79 Å². The summed E-state index contributed by atoms with van der Waals surface area (Å²) in [6.45, 7) is 2.20. The number of thioether (sulfide) groups is 1. The standard InChI is InChI=1S/C13H20N2OS/c1-2-3-4-7-10-17-12-9-6-5-8-11(12)13(16)15-14/h5-6,8-9H,2-4,7,10,14H2,1H3,(H,15,16). The Labute approximate surface area is 107 Å². The van der Waals surface area contributed by atoms with E-state index < -0.39 is 0 Å². The summed E-state index contributed by atoms with van der Waals surface area (Å²) in [4.78, 5) is 12.5. The fourth-order valence-electron chi connectivity index (χ4n) is 1.57.